The number of ether oxygens (including phenoxy) is 1. The van der Waals surface area contributed by atoms with Crippen LogP contribution in [0.2, 0.25) is 0 Å². The maximum absolute atomic E-state index is 14.2. The van der Waals surface area contributed by atoms with E-state index in [1.165, 1.54) is 23.0 Å². The molecule has 0 atom stereocenters. The summed E-state index contributed by atoms with van der Waals surface area (Å²) in [7, 11) is 2.15. The van der Waals surface area contributed by atoms with Crippen LogP contribution in [0.4, 0.5) is 20.3 Å². The van der Waals surface area contributed by atoms with E-state index in [2.05, 4.69) is 48.0 Å². The summed E-state index contributed by atoms with van der Waals surface area (Å²) >= 11 is 0. The van der Waals surface area contributed by atoms with Gasteiger partial charge in [-0.25, -0.2) is 18.3 Å². The molecule has 3 amide bonds. The van der Waals surface area contributed by atoms with Crippen LogP contribution in [0.5, 0.6) is 11.5 Å². The van der Waals surface area contributed by atoms with Gasteiger partial charge >= 0.3 is 0 Å². The van der Waals surface area contributed by atoms with Gasteiger partial charge in [0.1, 0.15) is 22.9 Å². The van der Waals surface area contributed by atoms with Crippen molar-refractivity contribution in [1.82, 2.24) is 39.9 Å². The number of benzene rings is 2. The molecule has 1 saturated heterocycles. The molecule has 17 heteroatoms. The van der Waals surface area contributed by atoms with E-state index in [4.69, 9.17) is 4.74 Å². The number of hydrogen-bond donors (Lipinski definition) is 3. The monoisotopic (exact) mass is 822 g/mol. The summed E-state index contributed by atoms with van der Waals surface area (Å²) in [5.41, 5.74) is 1.37. The van der Waals surface area contributed by atoms with Gasteiger partial charge in [0.25, 0.3) is 29.9 Å². The number of piperazine rings is 1. The lowest BCUT2D eigenvalue weighted by atomic mass is 9.86. The summed E-state index contributed by atoms with van der Waals surface area (Å²) < 4.78 is 37.5. The molecule has 0 spiro atoms. The molecule has 15 nitrogen and oxygen atoms in total. The van der Waals surface area contributed by atoms with Crippen LogP contribution in [0.15, 0.2) is 67.1 Å². The van der Waals surface area contributed by atoms with Gasteiger partial charge in [-0.2, -0.15) is 10.2 Å². The number of alkyl halides is 2. The SMILES string of the molecule is CN(CCCCCc1ccc(Oc2cccc3c2C(=O)NC(=O)C3=O)cc1)CC1CCC(n2cc(NC(=O)c3cnn4ccc(N5CCNCC5)nc34)c(C(F)F)n2)CC1. The standard InChI is InChI=1S/C43H48F2N10O5/c1-52(20-4-2-3-6-27-11-15-30(16-12-27)60-34-8-5-7-31-36(34)42(58)50-43(59)38(31)56)25-28-9-13-29(14-10-28)55-26-33(37(51-55)39(44)45)48-41(57)32-24-47-54-21-17-35(49-40(32)54)53-22-18-46-19-23-53/h5,7-8,11-12,15-17,21,24,26,28-29,39,46H,2-4,6,9-10,13-14,18-20,22-23,25H2,1H3,(H,48,57)(H,50,58,59). The third kappa shape index (κ3) is 9.06. The summed E-state index contributed by atoms with van der Waals surface area (Å²) in [6.45, 7) is 5.20. The van der Waals surface area contributed by atoms with Crippen LogP contribution < -0.4 is 25.6 Å². The van der Waals surface area contributed by atoms with Crippen LogP contribution in [0.25, 0.3) is 5.65 Å². The first kappa shape index (κ1) is 40.7. The van der Waals surface area contributed by atoms with Gasteiger partial charge in [-0.15, -0.1) is 0 Å². The highest BCUT2D eigenvalue weighted by molar-refractivity contribution is 6.49. The molecule has 8 rings (SSSR count). The summed E-state index contributed by atoms with van der Waals surface area (Å²) in [6, 6.07) is 14.1. The van der Waals surface area contributed by atoms with Gasteiger partial charge in [-0.3, -0.25) is 29.2 Å². The predicted octanol–water partition coefficient (Wildman–Crippen LogP) is 5.85. The van der Waals surface area contributed by atoms with E-state index < -0.39 is 35.6 Å². The number of anilines is 2. The molecule has 3 aromatic heterocycles. The Morgan fingerprint density at radius 2 is 1.77 bits per heavy atom. The van der Waals surface area contributed by atoms with E-state index in [9.17, 15) is 28.0 Å². The molecule has 0 bridgehead atoms. The molecule has 5 aromatic rings. The second-order valence-electron chi connectivity index (χ2n) is 15.8. The third-order valence-corrected chi connectivity index (χ3v) is 11.6. The highest BCUT2D eigenvalue weighted by Gasteiger charge is 2.33. The number of nitrogens with one attached hydrogen (secondary N) is 3. The molecule has 1 aliphatic carbocycles. The number of carbonyl (C=O) groups excluding carboxylic acids is 4. The molecular formula is C43H48F2N10O5. The Balaban J connectivity index is 0.767. The van der Waals surface area contributed by atoms with Crippen molar-refractivity contribution in [3.05, 3.63) is 95.1 Å². The number of nitrogens with zero attached hydrogens (tertiary/aromatic N) is 7. The number of Topliss-reactive ketones (excluding diaryl/α,β-unsaturated/α-hetero) is 1. The van der Waals surface area contributed by atoms with E-state index in [1.54, 1.807) is 23.0 Å². The molecule has 60 heavy (non-hydrogen) atoms. The zero-order chi connectivity index (χ0) is 41.8. The van der Waals surface area contributed by atoms with Crippen LogP contribution in [-0.4, -0.2) is 99.1 Å². The van der Waals surface area contributed by atoms with Crippen molar-refractivity contribution < 1.29 is 32.7 Å². The van der Waals surface area contributed by atoms with Gasteiger partial charge in [0.05, 0.1) is 23.5 Å². The van der Waals surface area contributed by atoms with Crippen molar-refractivity contribution in [1.29, 1.82) is 0 Å². The molecule has 2 aromatic carbocycles. The number of aryl methyl sites for hydroxylation is 1. The molecule has 2 fully saturated rings. The highest BCUT2D eigenvalue weighted by atomic mass is 19.3. The third-order valence-electron chi connectivity index (χ3n) is 11.6. The minimum Gasteiger partial charge on any atom is -0.457 e. The number of fused-ring (bicyclic) bond motifs is 2. The van der Waals surface area contributed by atoms with Crippen molar-refractivity contribution in [3.8, 4) is 11.5 Å². The van der Waals surface area contributed by atoms with Crippen LogP contribution in [0.1, 0.15) is 99.7 Å². The zero-order valence-electron chi connectivity index (χ0n) is 33.4. The number of amides is 3. The smallest absolute Gasteiger partial charge is 0.299 e. The Labute approximate surface area is 345 Å². The van der Waals surface area contributed by atoms with Crippen LogP contribution in [0.3, 0.4) is 0 Å². The van der Waals surface area contributed by atoms with Crippen LogP contribution >= 0.6 is 0 Å². The normalized spacial score (nSPS) is 18.3. The number of aromatic nitrogens is 5. The zero-order valence-corrected chi connectivity index (χ0v) is 33.4. The Kier molecular flexibility index (Phi) is 12.2. The van der Waals surface area contributed by atoms with E-state index in [1.807, 2.05) is 30.3 Å². The van der Waals surface area contributed by atoms with Crippen molar-refractivity contribution >= 4 is 40.7 Å². The van der Waals surface area contributed by atoms with Crippen molar-refractivity contribution in [2.24, 2.45) is 5.92 Å². The number of hydrogen-bond acceptors (Lipinski definition) is 11. The molecule has 0 unspecified atom stereocenters. The molecule has 0 radical (unpaired) electrons. The number of carbonyl (C=O) groups is 4. The first-order valence-corrected chi connectivity index (χ1v) is 20.6. The summed E-state index contributed by atoms with van der Waals surface area (Å²) in [4.78, 5) is 59.0. The fourth-order valence-electron chi connectivity index (χ4n) is 8.38. The summed E-state index contributed by atoms with van der Waals surface area (Å²) in [5, 5.41) is 16.6. The van der Waals surface area contributed by atoms with Gasteiger partial charge in [-0.05, 0) is 100 Å². The second-order valence-corrected chi connectivity index (χ2v) is 15.8. The van der Waals surface area contributed by atoms with E-state index in [0.29, 0.717) is 17.3 Å². The molecule has 3 aliphatic rings. The van der Waals surface area contributed by atoms with Gasteiger partial charge in [-0.1, -0.05) is 24.6 Å². The largest absolute Gasteiger partial charge is 0.457 e. The number of rotatable bonds is 15. The van der Waals surface area contributed by atoms with Crippen molar-refractivity contribution in [2.75, 3.05) is 56.5 Å². The van der Waals surface area contributed by atoms with Crippen LogP contribution in [0, 0.1) is 5.92 Å². The maximum Gasteiger partial charge on any atom is 0.299 e. The average Bonchev–Trinajstić information content (AvgIpc) is 3.88. The number of ketones is 1. The van der Waals surface area contributed by atoms with Gasteiger partial charge in [0, 0.05) is 50.7 Å². The Morgan fingerprint density at radius 1 is 0.983 bits per heavy atom. The molecule has 314 valence electrons. The average molecular weight is 823 g/mol. The minimum atomic E-state index is -2.85. The number of halogens is 2. The maximum atomic E-state index is 14.2. The van der Waals surface area contributed by atoms with Crippen molar-refractivity contribution in [2.45, 2.75) is 63.8 Å². The predicted molar refractivity (Wildman–Crippen MR) is 219 cm³/mol. The highest BCUT2D eigenvalue weighted by Crippen LogP contribution is 2.36. The second kappa shape index (κ2) is 18.0. The quantitative estimate of drug-likeness (QED) is 0.0659. The molecule has 5 heterocycles. The minimum absolute atomic E-state index is 0.00156. The lowest BCUT2D eigenvalue weighted by Gasteiger charge is -2.31. The van der Waals surface area contributed by atoms with Gasteiger partial charge in [0.2, 0.25) is 0 Å². The van der Waals surface area contributed by atoms with Crippen molar-refractivity contribution in [3.63, 3.8) is 0 Å². The molecule has 1 saturated carbocycles. The number of unbranched alkanes of at least 4 members (excludes halogenated alkanes) is 2. The Bertz CT molecular complexity index is 2370. The van der Waals surface area contributed by atoms with Gasteiger partial charge in [0.15, 0.2) is 11.3 Å². The van der Waals surface area contributed by atoms with Crippen LogP contribution in [-0.2, 0) is 11.2 Å². The fourth-order valence-corrected chi connectivity index (χ4v) is 8.38. The molecular weight excluding hydrogens is 775 g/mol. The first-order chi connectivity index (χ1) is 29.1. The van der Waals surface area contributed by atoms with E-state index >= 15 is 0 Å². The van der Waals surface area contributed by atoms with E-state index in [-0.39, 0.29) is 34.2 Å². The lowest BCUT2D eigenvalue weighted by Crippen LogP contribution is -2.43. The molecule has 3 N–H and O–H groups in total. The lowest BCUT2D eigenvalue weighted by molar-refractivity contribution is -0.116. The Morgan fingerprint density at radius 3 is 2.53 bits per heavy atom. The summed E-state index contributed by atoms with van der Waals surface area (Å²) in [6.07, 6.45) is 9.47. The first-order valence-electron chi connectivity index (χ1n) is 20.6. The van der Waals surface area contributed by atoms with E-state index in [0.717, 1.165) is 102 Å². The molecule has 2 aliphatic heterocycles. The fraction of sp³-hybridized carbons (Fsp3) is 0.419. The Hall–Kier alpha value is -6.07. The number of imide groups is 1. The summed E-state index contributed by atoms with van der Waals surface area (Å²) in [5.74, 6) is -0.954. The topological polar surface area (TPSA) is 168 Å². The van der Waals surface area contributed by atoms with Gasteiger partial charge < -0.3 is 25.2 Å².